The van der Waals surface area contributed by atoms with Crippen LogP contribution in [0.1, 0.15) is 6.42 Å². The monoisotopic (exact) mass is 540 g/mol. The number of nitrogens with one attached hydrogen (secondary N) is 7. The van der Waals surface area contributed by atoms with E-state index in [1.165, 1.54) is 0 Å². The first-order valence-electron chi connectivity index (χ1n) is 11.4. The fourth-order valence-electron chi connectivity index (χ4n) is 3.36. The number of hydrogen-bond acceptors (Lipinski definition) is 12. The first-order chi connectivity index (χ1) is 18.0. The lowest BCUT2D eigenvalue weighted by atomic mass is 10.0. The van der Waals surface area contributed by atoms with E-state index in [1.807, 2.05) is 5.32 Å². The van der Waals surface area contributed by atoms with E-state index in [4.69, 9.17) is 22.9 Å². The van der Waals surface area contributed by atoms with E-state index in [1.54, 1.807) is 0 Å². The Hall–Kier alpha value is -4.49. The molecule has 0 bridgehead atoms. The van der Waals surface area contributed by atoms with Gasteiger partial charge in [0, 0.05) is 25.8 Å². The number of nitrogens with two attached hydrogens (primary N) is 4. The van der Waals surface area contributed by atoms with Crippen molar-refractivity contribution in [1.82, 2.24) is 37.2 Å². The van der Waals surface area contributed by atoms with Gasteiger partial charge in [-0.05, 0) is 6.42 Å². The zero-order valence-electron chi connectivity index (χ0n) is 20.2. The van der Waals surface area contributed by atoms with Crippen LogP contribution in [0.3, 0.4) is 0 Å². The Labute approximate surface area is 215 Å². The minimum absolute atomic E-state index is 0.0163. The van der Waals surface area contributed by atoms with E-state index >= 15 is 0 Å². The van der Waals surface area contributed by atoms with Crippen molar-refractivity contribution >= 4 is 41.5 Å². The van der Waals surface area contributed by atoms with Crippen LogP contribution in [0, 0.1) is 0 Å². The number of carbonyl (C=O) groups excluding carboxylic acids is 6. The number of aliphatic hydroxyl groups excluding tert-OH is 1. The lowest BCUT2D eigenvalue weighted by Gasteiger charge is -2.31. The normalized spacial score (nSPS) is 29.0. The van der Waals surface area contributed by atoms with Gasteiger partial charge < -0.3 is 65.3 Å². The maximum Gasteiger partial charge on any atom is 0.316 e. The molecule has 19 nitrogen and oxygen atoms in total. The first-order valence-corrected chi connectivity index (χ1v) is 11.4. The minimum Gasteiger partial charge on any atom is -0.394 e. The molecule has 2 aliphatic heterocycles. The summed E-state index contributed by atoms with van der Waals surface area (Å²) in [5.41, 5.74) is 21.6. The maximum absolute atomic E-state index is 13.1. The number of amides is 7. The second-order valence-electron chi connectivity index (χ2n) is 8.21. The van der Waals surface area contributed by atoms with Gasteiger partial charge >= 0.3 is 6.03 Å². The quantitative estimate of drug-likeness (QED) is 0.148. The summed E-state index contributed by atoms with van der Waals surface area (Å²) in [7, 11) is 0. The molecule has 2 rings (SSSR count). The van der Waals surface area contributed by atoms with E-state index in [-0.39, 0.29) is 18.9 Å². The summed E-state index contributed by atoms with van der Waals surface area (Å²) >= 11 is 0. The third kappa shape index (κ3) is 8.28. The summed E-state index contributed by atoms with van der Waals surface area (Å²) < 4.78 is 0. The second-order valence-corrected chi connectivity index (χ2v) is 8.21. The van der Waals surface area contributed by atoms with Gasteiger partial charge in [-0.25, -0.2) is 4.79 Å². The van der Waals surface area contributed by atoms with Crippen LogP contribution in [-0.4, -0.2) is 103 Å². The standard InChI is InChI=1S/C19H32N12O7/c20-3-9-14(34)28-10(5-26-19(23)38)15(35)31-12(8-1-2-24-18(22)30-8)17(37)25-4-7(21)13(33)29-11(6-32)16(36)27-9/h5,7-9,11-12,32H,1-4,6,20-21H2,(H,25,37)(H,27,36)(H,28,34)(H,29,33)(H,31,35)(H3,22,24,30)(H3,23,26,38)/b10-5-/t7-,8+,9-,11-,12-/m0/s1. The fraction of sp³-hybridized carbons (Fsp3) is 0.526. The molecular weight excluding hydrogens is 508 g/mol. The van der Waals surface area contributed by atoms with Crippen molar-refractivity contribution < 1.29 is 33.9 Å². The molecule has 0 aromatic carbocycles. The van der Waals surface area contributed by atoms with Crippen molar-refractivity contribution in [1.29, 1.82) is 0 Å². The van der Waals surface area contributed by atoms with Crippen molar-refractivity contribution in [2.75, 3.05) is 26.2 Å². The summed E-state index contributed by atoms with van der Waals surface area (Å²) in [6.45, 7) is -1.50. The van der Waals surface area contributed by atoms with E-state index in [0.717, 1.165) is 6.20 Å². The molecule has 2 aliphatic rings. The molecule has 0 aromatic heterocycles. The molecule has 19 heteroatoms. The van der Waals surface area contributed by atoms with Crippen molar-refractivity contribution in [3.63, 3.8) is 0 Å². The lowest BCUT2D eigenvalue weighted by Crippen LogP contribution is -2.64. The predicted octanol–water partition coefficient (Wildman–Crippen LogP) is -7.85. The molecular formula is C19H32N12O7. The molecule has 1 saturated heterocycles. The average Bonchev–Trinajstić information content (AvgIpc) is 2.88. The summed E-state index contributed by atoms with van der Waals surface area (Å²) in [6, 6.07) is -7.50. The number of aliphatic hydroxyl groups is 1. The second kappa shape index (κ2) is 13.7. The highest BCUT2D eigenvalue weighted by molar-refractivity contribution is 6.02. The van der Waals surface area contributed by atoms with Gasteiger partial charge in [0.2, 0.25) is 23.6 Å². The van der Waals surface area contributed by atoms with Crippen molar-refractivity contribution in [2.24, 2.45) is 27.9 Å². The summed E-state index contributed by atoms with van der Waals surface area (Å²) in [5.74, 6) is -4.69. The number of aliphatic imine (C=N–C) groups is 1. The molecule has 7 amide bonds. The molecule has 38 heavy (non-hydrogen) atoms. The number of primary amides is 1. The molecule has 0 aromatic rings. The van der Waals surface area contributed by atoms with Crippen LogP contribution in [0.5, 0.6) is 0 Å². The number of urea groups is 1. The Morgan fingerprint density at radius 2 is 1.71 bits per heavy atom. The molecule has 2 heterocycles. The highest BCUT2D eigenvalue weighted by Gasteiger charge is 2.34. The van der Waals surface area contributed by atoms with E-state index in [2.05, 4.69) is 36.9 Å². The van der Waals surface area contributed by atoms with Crippen molar-refractivity contribution in [3.05, 3.63) is 11.9 Å². The first kappa shape index (κ1) is 29.7. The molecule has 16 N–H and O–H groups in total. The number of guanidine groups is 1. The highest BCUT2D eigenvalue weighted by atomic mass is 16.3. The third-order valence-corrected chi connectivity index (χ3v) is 5.41. The van der Waals surface area contributed by atoms with Gasteiger partial charge in [0.05, 0.1) is 12.6 Å². The van der Waals surface area contributed by atoms with Gasteiger partial charge in [0.25, 0.3) is 5.91 Å². The number of nitrogens with zero attached hydrogens (tertiary/aromatic N) is 1. The average molecular weight is 541 g/mol. The highest BCUT2D eigenvalue weighted by Crippen LogP contribution is 2.06. The summed E-state index contributed by atoms with van der Waals surface area (Å²) in [4.78, 5) is 79.2. The van der Waals surface area contributed by atoms with Crippen LogP contribution in [0.15, 0.2) is 16.9 Å². The molecule has 0 unspecified atom stereocenters. The van der Waals surface area contributed by atoms with Crippen molar-refractivity contribution in [3.8, 4) is 0 Å². The van der Waals surface area contributed by atoms with Gasteiger partial charge in [-0.1, -0.05) is 0 Å². The van der Waals surface area contributed by atoms with Crippen LogP contribution in [-0.2, 0) is 24.0 Å². The Morgan fingerprint density at radius 1 is 1.03 bits per heavy atom. The Balaban J connectivity index is 2.46. The van der Waals surface area contributed by atoms with Crippen LogP contribution < -0.4 is 60.2 Å². The molecule has 0 aliphatic carbocycles. The smallest absolute Gasteiger partial charge is 0.316 e. The molecule has 1 fully saturated rings. The SMILES string of the molecule is NC[C@@H]1NC(=O)[C@H](CO)NC(=O)[C@@H](N)CNC(=O)[C@H]([C@H]2CCN=C(N)N2)NC(=O)/C(=C/NC(N)=O)NC1=O. The van der Waals surface area contributed by atoms with Gasteiger partial charge in [-0.15, -0.1) is 0 Å². The summed E-state index contributed by atoms with van der Waals surface area (Å²) in [6.07, 6.45) is 1.04. The van der Waals surface area contributed by atoms with Crippen LogP contribution in [0.2, 0.25) is 0 Å². The van der Waals surface area contributed by atoms with Crippen molar-refractivity contribution in [2.45, 2.75) is 36.6 Å². The Bertz CT molecular complexity index is 1020. The van der Waals surface area contributed by atoms with Crippen LogP contribution >= 0.6 is 0 Å². The third-order valence-electron chi connectivity index (χ3n) is 5.41. The van der Waals surface area contributed by atoms with Gasteiger partial charge in [-0.2, -0.15) is 0 Å². The zero-order valence-corrected chi connectivity index (χ0v) is 20.2. The fourth-order valence-corrected chi connectivity index (χ4v) is 3.36. The van der Waals surface area contributed by atoms with Gasteiger partial charge in [0.1, 0.15) is 29.9 Å². The molecule has 5 atom stereocenters. The Kier molecular flexibility index (Phi) is 10.7. The molecule has 0 spiro atoms. The lowest BCUT2D eigenvalue weighted by molar-refractivity contribution is -0.133. The predicted molar refractivity (Wildman–Crippen MR) is 130 cm³/mol. The topological polar surface area (TPSA) is 323 Å². The van der Waals surface area contributed by atoms with E-state index in [9.17, 15) is 33.9 Å². The molecule has 210 valence electrons. The van der Waals surface area contributed by atoms with Crippen LogP contribution in [0.25, 0.3) is 0 Å². The van der Waals surface area contributed by atoms with E-state index < -0.39 is 91.2 Å². The summed E-state index contributed by atoms with van der Waals surface area (Å²) in [5, 5.41) is 25.9. The maximum atomic E-state index is 13.1. The number of hydrogen-bond donors (Lipinski definition) is 12. The number of rotatable bonds is 4. The largest absolute Gasteiger partial charge is 0.394 e. The zero-order chi connectivity index (χ0) is 28.4. The Morgan fingerprint density at radius 3 is 2.32 bits per heavy atom. The van der Waals surface area contributed by atoms with Gasteiger partial charge in [0.15, 0.2) is 5.96 Å². The van der Waals surface area contributed by atoms with Crippen LogP contribution in [0.4, 0.5) is 4.79 Å². The van der Waals surface area contributed by atoms with Gasteiger partial charge in [-0.3, -0.25) is 29.0 Å². The minimum atomic E-state index is -1.52. The molecule has 0 radical (unpaired) electrons. The number of carbonyl (C=O) groups is 6. The van der Waals surface area contributed by atoms with E-state index in [0.29, 0.717) is 0 Å². The molecule has 0 saturated carbocycles.